The van der Waals surface area contributed by atoms with Gasteiger partial charge in [0.25, 0.3) is 5.91 Å². The first kappa shape index (κ1) is 23.9. The summed E-state index contributed by atoms with van der Waals surface area (Å²) in [4.78, 5) is 22.0. The van der Waals surface area contributed by atoms with Crippen molar-refractivity contribution in [2.24, 2.45) is 5.41 Å². The van der Waals surface area contributed by atoms with Gasteiger partial charge in [-0.25, -0.2) is 0 Å². The number of hydrogen-bond donors (Lipinski definition) is 1. The number of hydrogen-bond acceptors (Lipinski definition) is 5. The number of aromatic nitrogens is 5. The Hall–Kier alpha value is -3.87. The quantitative estimate of drug-likeness (QED) is 0.325. The zero-order chi connectivity index (χ0) is 25.3. The highest BCUT2D eigenvalue weighted by molar-refractivity contribution is 6.03. The van der Waals surface area contributed by atoms with Crippen LogP contribution in [0.3, 0.4) is 0 Å². The molecule has 36 heavy (non-hydrogen) atoms. The summed E-state index contributed by atoms with van der Waals surface area (Å²) in [6.45, 7) is 8.86. The first-order chi connectivity index (χ1) is 17.3. The third-order valence-electron chi connectivity index (χ3n) is 6.44. The van der Waals surface area contributed by atoms with Crippen molar-refractivity contribution in [3.05, 3.63) is 78.6 Å². The molecule has 1 aliphatic rings. The fourth-order valence-corrected chi connectivity index (χ4v) is 4.62. The van der Waals surface area contributed by atoms with Crippen molar-refractivity contribution >= 4 is 11.6 Å². The summed E-state index contributed by atoms with van der Waals surface area (Å²) in [7, 11) is 0. The lowest BCUT2D eigenvalue weighted by molar-refractivity contribution is 0.102. The van der Waals surface area contributed by atoms with Gasteiger partial charge < -0.3 is 9.88 Å². The summed E-state index contributed by atoms with van der Waals surface area (Å²) >= 11 is 0. The maximum Gasteiger partial charge on any atom is 0.274 e. The van der Waals surface area contributed by atoms with E-state index in [2.05, 4.69) is 69.9 Å². The fourth-order valence-electron chi connectivity index (χ4n) is 4.62. The van der Waals surface area contributed by atoms with Gasteiger partial charge in [0.15, 0.2) is 5.82 Å². The Morgan fingerprint density at radius 1 is 1.06 bits per heavy atom. The van der Waals surface area contributed by atoms with Crippen LogP contribution < -0.4 is 5.32 Å². The molecular formula is C29H32N6O. The molecule has 4 aromatic rings. The zero-order valence-electron chi connectivity index (χ0n) is 21.3. The molecule has 1 N–H and O–H groups in total. The van der Waals surface area contributed by atoms with Crippen molar-refractivity contribution in [3.63, 3.8) is 0 Å². The molecule has 5 rings (SSSR count). The molecule has 3 aromatic heterocycles. The summed E-state index contributed by atoms with van der Waals surface area (Å²) in [5, 5.41) is 11.5. The van der Waals surface area contributed by atoms with Crippen LogP contribution in [0, 0.1) is 5.41 Å². The maximum atomic E-state index is 13.1. The molecule has 0 spiro atoms. The average molecular weight is 481 g/mol. The van der Waals surface area contributed by atoms with Gasteiger partial charge in [-0.1, -0.05) is 39.0 Å². The molecule has 0 unspecified atom stereocenters. The van der Waals surface area contributed by atoms with E-state index < -0.39 is 0 Å². The van der Waals surface area contributed by atoms with E-state index in [1.165, 1.54) is 12.8 Å². The number of anilines is 1. The van der Waals surface area contributed by atoms with Crippen molar-refractivity contribution in [2.75, 3.05) is 5.32 Å². The Labute approximate surface area is 212 Å². The predicted molar refractivity (Wildman–Crippen MR) is 142 cm³/mol. The fraction of sp³-hybridized carbons (Fsp3) is 0.345. The van der Waals surface area contributed by atoms with Crippen LogP contribution in [-0.4, -0.2) is 30.6 Å². The van der Waals surface area contributed by atoms with Crippen LogP contribution in [0.5, 0.6) is 0 Å². The van der Waals surface area contributed by atoms with Gasteiger partial charge in [0.1, 0.15) is 12.0 Å². The molecule has 1 amide bonds. The van der Waals surface area contributed by atoms with Crippen LogP contribution in [0.4, 0.5) is 5.69 Å². The highest BCUT2D eigenvalue weighted by Gasteiger charge is 2.24. The molecule has 7 nitrogen and oxygen atoms in total. The molecule has 0 aliphatic heterocycles. The molecule has 0 saturated heterocycles. The first-order valence-electron chi connectivity index (χ1n) is 12.5. The van der Waals surface area contributed by atoms with Crippen LogP contribution in [0.1, 0.15) is 75.1 Å². The Morgan fingerprint density at radius 2 is 1.89 bits per heavy atom. The van der Waals surface area contributed by atoms with E-state index in [0.29, 0.717) is 17.3 Å². The average Bonchev–Trinajstić information content (AvgIpc) is 3.59. The first-order valence-corrected chi connectivity index (χ1v) is 12.5. The lowest BCUT2D eigenvalue weighted by Crippen LogP contribution is -2.15. The second-order valence-electron chi connectivity index (χ2n) is 10.9. The number of amides is 1. The van der Waals surface area contributed by atoms with Gasteiger partial charge in [-0.15, -0.1) is 10.2 Å². The van der Waals surface area contributed by atoms with Gasteiger partial charge in [-0.2, -0.15) is 0 Å². The highest BCUT2D eigenvalue weighted by atomic mass is 16.1. The molecular weight excluding hydrogens is 448 g/mol. The Morgan fingerprint density at radius 3 is 2.61 bits per heavy atom. The Balaban J connectivity index is 1.33. The van der Waals surface area contributed by atoms with Gasteiger partial charge in [0.05, 0.1) is 0 Å². The van der Waals surface area contributed by atoms with E-state index in [-0.39, 0.29) is 17.4 Å². The van der Waals surface area contributed by atoms with Crippen LogP contribution >= 0.6 is 0 Å². The number of benzene rings is 1. The number of nitrogens with one attached hydrogen (secondary N) is 1. The van der Waals surface area contributed by atoms with E-state index in [1.807, 2.05) is 36.5 Å². The summed E-state index contributed by atoms with van der Waals surface area (Å²) in [6, 6.07) is 15.8. The van der Waals surface area contributed by atoms with E-state index in [1.54, 1.807) is 18.6 Å². The van der Waals surface area contributed by atoms with Crippen molar-refractivity contribution in [2.45, 2.75) is 58.9 Å². The SMILES string of the molecule is C[C@@H](CC(C)(C)C)n1cnnc1-c1cccc(NC(=O)c2cc(-c3ccc(C4CC4)nc3)ccn2)c1. The number of rotatable bonds is 7. The molecule has 184 valence electrons. The third kappa shape index (κ3) is 5.51. The second-order valence-corrected chi connectivity index (χ2v) is 10.9. The summed E-state index contributed by atoms with van der Waals surface area (Å²) in [6.07, 6.45) is 8.76. The third-order valence-corrected chi connectivity index (χ3v) is 6.44. The molecule has 1 aliphatic carbocycles. The van der Waals surface area contributed by atoms with Crippen molar-refractivity contribution < 1.29 is 4.79 Å². The standard InChI is InChI=1S/C29H32N6O/c1-19(16-29(2,3)4)35-18-32-34-27(35)22-6-5-7-24(14-22)33-28(36)26-15-21(12-13-30-26)23-10-11-25(31-17-23)20-8-9-20/h5-7,10-15,17-20H,8-9,16H2,1-4H3,(H,33,36)/t19-/m0/s1. The highest BCUT2D eigenvalue weighted by Crippen LogP contribution is 2.39. The second kappa shape index (κ2) is 9.64. The zero-order valence-corrected chi connectivity index (χ0v) is 21.3. The van der Waals surface area contributed by atoms with Crippen LogP contribution in [0.25, 0.3) is 22.5 Å². The lowest BCUT2D eigenvalue weighted by atomic mass is 9.88. The van der Waals surface area contributed by atoms with Crippen LogP contribution in [-0.2, 0) is 0 Å². The molecule has 1 fully saturated rings. The minimum atomic E-state index is -0.265. The summed E-state index contributed by atoms with van der Waals surface area (Å²) in [5.41, 5.74) is 5.16. The van der Waals surface area contributed by atoms with E-state index in [0.717, 1.165) is 34.6 Å². The van der Waals surface area contributed by atoms with Crippen LogP contribution in [0.15, 0.2) is 67.3 Å². The summed E-state index contributed by atoms with van der Waals surface area (Å²) < 4.78 is 2.10. The minimum Gasteiger partial charge on any atom is -0.321 e. The Bertz CT molecular complexity index is 1370. The van der Waals surface area contributed by atoms with E-state index in [9.17, 15) is 4.79 Å². The molecule has 0 bridgehead atoms. The van der Waals surface area contributed by atoms with Crippen molar-refractivity contribution in [1.29, 1.82) is 0 Å². The van der Waals surface area contributed by atoms with Crippen molar-refractivity contribution in [3.8, 4) is 22.5 Å². The summed E-state index contributed by atoms with van der Waals surface area (Å²) in [5.74, 6) is 1.13. The van der Waals surface area contributed by atoms with Gasteiger partial charge in [-0.05, 0) is 67.5 Å². The Kier molecular flexibility index (Phi) is 6.39. The molecule has 3 heterocycles. The molecule has 1 saturated carbocycles. The maximum absolute atomic E-state index is 13.1. The topological polar surface area (TPSA) is 85.6 Å². The molecule has 0 radical (unpaired) electrons. The number of carbonyl (C=O) groups excluding carboxylic acids is 1. The van der Waals surface area contributed by atoms with Crippen molar-refractivity contribution in [1.82, 2.24) is 24.7 Å². The smallest absolute Gasteiger partial charge is 0.274 e. The molecule has 1 atom stereocenters. The largest absolute Gasteiger partial charge is 0.321 e. The van der Waals surface area contributed by atoms with Gasteiger partial charge in [0.2, 0.25) is 0 Å². The number of nitrogens with zero attached hydrogens (tertiary/aromatic N) is 5. The molecule has 1 aromatic carbocycles. The normalized spacial score (nSPS) is 14.4. The van der Waals surface area contributed by atoms with Gasteiger partial charge >= 0.3 is 0 Å². The van der Waals surface area contributed by atoms with E-state index >= 15 is 0 Å². The minimum absolute atomic E-state index is 0.188. The predicted octanol–water partition coefficient (Wildman–Crippen LogP) is 6.53. The van der Waals surface area contributed by atoms with Crippen LogP contribution in [0.2, 0.25) is 0 Å². The lowest BCUT2D eigenvalue weighted by Gasteiger charge is -2.24. The number of carbonyl (C=O) groups is 1. The number of pyridine rings is 2. The van der Waals surface area contributed by atoms with Gasteiger partial charge in [-0.3, -0.25) is 14.8 Å². The monoisotopic (exact) mass is 480 g/mol. The van der Waals surface area contributed by atoms with Gasteiger partial charge in [0, 0.05) is 46.9 Å². The molecule has 7 heteroatoms. The van der Waals surface area contributed by atoms with E-state index in [4.69, 9.17) is 0 Å².